The molecule has 19 heavy (non-hydrogen) atoms. The molecule has 1 amide bonds. The standard InChI is InChI=1S/C14H18ClNO3/c15-12-7-6-11(8-13(12)16-14(17)18)19-9-10-4-2-1-3-5-10/h1-5,11-13,16H,6-9H2,(H,17,18)/t11-,12+,13+/m0/s1. The Morgan fingerprint density at radius 1 is 1.37 bits per heavy atom. The van der Waals surface area contributed by atoms with Crippen molar-refractivity contribution >= 4 is 17.7 Å². The maximum atomic E-state index is 10.7. The summed E-state index contributed by atoms with van der Waals surface area (Å²) in [5.74, 6) is 0. The number of nitrogens with one attached hydrogen (secondary N) is 1. The minimum absolute atomic E-state index is 0.0621. The van der Waals surface area contributed by atoms with Gasteiger partial charge in [0, 0.05) is 0 Å². The van der Waals surface area contributed by atoms with Crippen molar-refractivity contribution in [1.29, 1.82) is 0 Å². The molecule has 104 valence electrons. The number of carbonyl (C=O) groups is 1. The predicted molar refractivity (Wildman–Crippen MR) is 73.5 cm³/mol. The fourth-order valence-corrected chi connectivity index (χ4v) is 2.63. The van der Waals surface area contributed by atoms with Gasteiger partial charge < -0.3 is 15.2 Å². The van der Waals surface area contributed by atoms with Crippen LogP contribution in [0, 0.1) is 0 Å². The van der Waals surface area contributed by atoms with E-state index in [4.69, 9.17) is 21.4 Å². The van der Waals surface area contributed by atoms with Gasteiger partial charge in [0.05, 0.1) is 24.1 Å². The maximum Gasteiger partial charge on any atom is 0.404 e. The molecular formula is C14H18ClNO3. The van der Waals surface area contributed by atoms with E-state index in [0.717, 1.165) is 18.4 Å². The molecule has 0 spiro atoms. The molecule has 1 aliphatic carbocycles. The number of ether oxygens (including phenoxy) is 1. The van der Waals surface area contributed by atoms with Crippen LogP contribution in [0.2, 0.25) is 0 Å². The molecule has 0 unspecified atom stereocenters. The average molecular weight is 284 g/mol. The third-order valence-electron chi connectivity index (χ3n) is 3.36. The van der Waals surface area contributed by atoms with Crippen LogP contribution in [-0.4, -0.2) is 28.7 Å². The van der Waals surface area contributed by atoms with Crippen molar-refractivity contribution in [2.24, 2.45) is 0 Å². The molecule has 5 heteroatoms. The smallest absolute Gasteiger partial charge is 0.404 e. The Morgan fingerprint density at radius 3 is 2.79 bits per heavy atom. The summed E-state index contributed by atoms with van der Waals surface area (Å²) in [6.07, 6.45) is 1.31. The molecule has 1 aromatic carbocycles. The summed E-state index contributed by atoms with van der Waals surface area (Å²) >= 11 is 6.13. The van der Waals surface area contributed by atoms with Crippen molar-refractivity contribution in [2.75, 3.05) is 0 Å². The van der Waals surface area contributed by atoms with E-state index in [1.165, 1.54) is 0 Å². The largest absolute Gasteiger partial charge is 0.465 e. The Hall–Kier alpha value is -1.26. The van der Waals surface area contributed by atoms with E-state index in [2.05, 4.69) is 5.32 Å². The van der Waals surface area contributed by atoms with Gasteiger partial charge in [-0.05, 0) is 24.8 Å². The van der Waals surface area contributed by atoms with Gasteiger partial charge in [-0.1, -0.05) is 30.3 Å². The fourth-order valence-electron chi connectivity index (χ4n) is 2.34. The van der Waals surface area contributed by atoms with Crippen molar-refractivity contribution < 1.29 is 14.6 Å². The first-order valence-corrected chi connectivity index (χ1v) is 6.88. The number of rotatable bonds is 4. The number of hydrogen-bond donors (Lipinski definition) is 2. The van der Waals surface area contributed by atoms with Gasteiger partial charge in [-0.25, -0.2) is 4.79 Å². The van der Waals surface area contributed by atoms with Gasteiger partial charge in [0.15, 0.2) is 0 Å². The normalized spacial score (nSPS) is 26.9. The van der Waals surface area contributed by atoms with Crippen molar-refractivity contribution in [1.82, 2.24) is 5.32 Å². The van der Waals surface area contributed by atoms with E-state index in [9.17, 15) is 4.79 Å². The molecule has 1 aliphatic rings. The SMILES string of the molecule is O=C(O)N[C@@H]1C[C@@H](OCc2ccccc2)CC[C@H]1Cl. The Bertz CT molecular complexity index is 412. The Morgan fingerprint density at radius 2 is 2.11 bits per heavy atom. The van der Waals surface area contributed by atoms with Gasteiger partial charge in [-0.15, -0.1) is 11.6 Å². The Balaban J connectivity index is 1.83. The lowest BCUT2D eigenvalue weighted by Crippen LogP contribution is -2.46. The molecule has 0 saturated heterocycles. The van der Waals surface area contributed by atoms with Crippen molar-refractivity contribution in [3.05, 3.63) is 35.9 Å². The molecule has 1 saturated carbocycles. The van der Waals surface area contributed by atoms with Crippen molar-refractivity contribution in [3.8, 4) is 0 Å². The molecule has 2 N–H and O–H groups in total. The van der Waals surface area contributed by atoms with Gasteiger partial charge in [-0.2, -0.15) is 0 Å². The van der Waals surface area contributed by atoms with Crippen LogP contribution in [-0.2, 0) is 11.3 Å². The molecule has 0 aromatic heterocycles. The first-order valence-electron chi connectivity index (χ1n) is 6.44. The van der Waals surface area contributed by atoms with Gasteiger partial charge >= 0.3 is 6.09 Å². The third-order valence-corrected chi connectivity index (χ3v) is 3.88. The summed E-state index contributed by atoms with van der Waals surface area (Å²) in [4.78, 5) is 10.7. The monoisotopic (exact) mass is 283 g/mol. The molecule has 1 aromatic rings. The van der Waals surface area contributed by atoms with E-state index < -0.39 is 6.09 Å². The zero-order valence-corrected chi connectivity index (χ0v) is 11.3. The number of hydrogen-bond acceptors (Lipinski definition) is 2. The van der Waals surface area contributed by atoms with Crippen LogP contribution >= 0.6 is 11.6 Å². The third kappa shape index (κ3) is 4.40. The Labute approximate surface area is 117 Å². The molecule has 1 fully saturated rings. The minimum Gasteiger partial charge on any atom is -0.465 e. The lowest BCUT2D eigenvalue weighted by atomic mass is 9.92. The zero-order chi connectivity index (χ0) is 13.7. The second-order valence-corrected chi connectivity index (χ2v) is 5.36. The highest BCUT2D eigenvalue weighted by Gasteiger charge is 2.30. The molecule has 3 atom stereocenters. The summed E-state index contributed by atoms with van der Waals surface area (Å²) in [5.41, 5.74) is 1.12. The molecule has 0 aliphatic heterocycles. The second-order valence-electron chi connectivity index (χ2n) is 4.80. The van der Waals surface area contributed by atoms with Gasteiger partial charge in [0.25, 0.3) is 0 Å². The molecule has 4 nitrogen and oxygen atoms in total. The van der Waals surface area contributed by atoms with Crippen LogP contribution in [0.5, 0.6) is 0 Å². The topological polar surface area (TPSA) is 58.6 Å². The van der Waals surface area contributed by atoms with Crippen LogP contribution in [0.4, 0.5) is 4.79 Å². The summed E-state index contributed by atoms with van der Waals surface area (Å²) in [6, 6.07) is 9.72. The number of halogens is 1. The lowest BCUT2D eigenvalue weighted by Gasteiger charge is -2.32. The van der Waals surface area contributed by atoms with Crippen LogP contribution in [0.15, 0.2) is 30.3 Å². The highest BCUT2D eigenvalue weighted by Crippen LogP contribution is 2.26. The second kappa shape index (κ2) is 6.78. The first-order chi connectivity index (χ1) is 9.15. The molecule has 2 rings (SSSR count). The number of carboxylic acid groups (broad SMARTS) is 1. The summed E-state index contributed by atoms with van der Waals surface area (Å²) < 4.78 is 5.84. The van der Waals surface area contributed by atoms with Crippen molar-refractivity contribution in [3.63, 3.8) is 0 Å². The van der Waals surface area contributed by atoms with E-state index in [0.29, 0.717) is 13.0 Å². The summed E-state index contributed by atoms with van der Waals surface area (Å²) in [7, 11) is 0. The van der Waals surface area contributed by atoms with Crippen molar-refractivity contribution in [2.45, 2.75) is 43.4 Å². The number of benzene rings is 1. The van der Waals surface area contributed by atoms with Crippen LogP contribution in [0.1, 0.15) is 24.8 Å². The first kappa shape index (κ1) is 14.2. The van der Waals surface area contributed by atoms with Crippen LogP contribution < -0.4 is 5.32 Å². The maximum absolute atomic E-state index is 10.7. The van der Waals surface area contributed by atoms with E-state index in [-0.39, 0.29) is 17.5 Å². The van der Waals surface area contributed by atoms with Crippen LogP contribution in [0.3, 0.4) is 0 Å². The Kier molecular flexibility index (Phi) is 5.05. The quantitative estimate of drug-likeness (QED) is 0.835. The van der Waals surface area contributed by atoms with E-state index >= 15 is 0 Å². The molecular weight excluding hydrogens is 266 g/mol. The number of alkyl halides is 1. The lowest BCUT2D eigenvalue weighted by molar-refractivity contribution is 0.00982. The van der Waals surface area contributed by atoms with E-state index in [1.54, 1.807) is 0 Å². The van der Waals surface area contributed by atoms with E-state index in [1.807, 2.05) is 30.3 Å². The minimum atomic E-state index is -1.03. The van der Waals surface area contributed by atoms with Gasteiger partial charge in [0.2, 0.25) is 0 Å². The highest BCUT2D eigenvalue weighted by molar-refractivity contribution is 6.21. The van der Waals surface area contributed by atoms with Gasteiger partial charge in [-0.3, -0.25) is 0 Å². The zero-order valence-electron chi connectivity index (χ0n) is 10.6. The molecule has 0 heterocycles. The number of amides is 1. The van der Waals surface area contributed by atoms with Crippen LogP contribution in [0.25, 0.3) is 0 Å². The summed E-state index contributed by atoms with van der Waals surface area (Å²) in [5, 5.41) is 11.1. The predicted octanol–water partition coefficient (Wildman–Crippen LogP) is 3.00. The highest BCUT2D eigenvalue weighted by atomic mass is 35.5. The fraction of sp³-hybridized carbons (Fsp3) is 0.500. The molecule has 0 radical (unpaired) electrons. The summed E-state index contributed by atoms with van der Waals surface area (Å²) in [6.45, 7) is 0.554. The average Bonchev–Trinajstić information content (AvgIpc) is 2.40. The molecule has 0 bridgehead atoms. The van der Waals surface area contributed by atoms with Gasteiger partial charge in [0.1, 0.15) is 0 Å².